The minimum atomic E-state index is -1.02. The van der Waals surface area contributed by atoms with Crippen molar-refractivity contribution >= 4 is 11.9 Å². The van der Waals surface area contributed by atoms with Gasteiger partial charge in [0.1, 0.15) is 6.04 Å². The molecule has 5 heteroatoms. The van der Waals surface area contributed by atoms with Gasteiger partial charge in [0, 0.05) is 11.9 Å². The number of amides is 1. The number of carbonyl (C=O) groups excluding carboxylic acids is 1. The highest BCUT2D eigenvalue weighted by molar-refractivity contribution is 5.96. The summed E-state index contributed by atoms with van der Waals surface area (Å²) >= 11 is 0. The first-order valence-corrected chi connectivity index (χ1v) is 5.10. The second-order valence-corrected chi connectivity index (χ2v) is 4.10. The van der Waals surface area contributed by atoms with Crippen molar-refractivity contribution in [3.8, 4) is 0 Å². The van der Waals surface area contributed by atoms with Gasteiger partial charge in [-0.25, -0.2) is 4.79 Å². The van der Waals surface area contributed by atoms with Crippen molar-refractivity contribution in [2.75, 3.05) is 0 Å². The van der Waals surface area contributed by atoms with E-state index in [4.69, 9.17) is 5.11 Å². The van der Waals surface area contributed by atoms with Gasteiger partial charge in [0.15, 0.2) is 0 Å². The molecule has 1 atom stereocenters. The molecular weight excluding hydrogens is 208 g/mol. The number of carboxylic acid groups (broad SMARTS) is 1. The van der Waals surface area contributed by atoms with Crippen LogP contribution in [0.3, 0.4) is 0 Å². The Labute approximate surface area is 93.9 Å². The summed E-state index contributed by atoms with van der Waals surface area (Å²) in [6, 6.07) is 0.817. The van der Waals surface area contributed by atoms with Crippen LogP contribution in [0.15, 0.2) is 12.3 Å². The number of aliphatic carboxylic acids is 1. The number of nitrogens with one attached hydrogen (secondary N) is 2. The summed E-state index contributed by atoms with van der Waals surface area (Å²) < 4.78 is 0. The van der Waals surface area contributed by atoms with Gasteiger partial charge in [-0.05, 0) is 18.9 Å². The lowest BCUT2D eigenvalue weighted by Gasteiger charge is -2.17. The maximum Gasteiger partial charge on any atom is 0.326 e. The number of rotatable bonds is 4. The van der Waals surface area contributed by atoms with Crippen molar-refractivity contribution in [3.63, 3.8) is 0 Å². The van der Waals surface area contributed by atoms with E-state index in [1.165, 1.54) is 0 Å². The third-order valence-corrected chi connectivity index (χ3v) is 2.31. The van der Waals surface area contributed by atoms with Crippen molar-refractivity contribution in [1.82, 2.24) is 10.3 Å². The lowest BCUT2D eigenvalue weighted by Crippen LogP contribution is -2.44. The normalized spacial score (nSPS) is 12.5. The first-order chi connectivity index (χ1) is 7.41. The van der Waals surface area contributed by atoms with Crippen LogP contribution < -0.4 is 5.32 Å². The van der Waals surface area contributed by atoms with E-state index >= 15 is 0 Å². The van der Waals surface area contributed by atoms with Gasteiger partial charge in [-0.1, -0.05) is 13.8 Å². The van der Waals surface area contributed by atoms with Gasteiger partial charge in [-0.3, -0.25) is 4.79 Å². The molecule has 3 N–H and O–H groups in total. The fraction of sp³-hybridized carbons (Fsp3) is 0.455. The molecule has 0 bridgehead atoms. The topological polar surface area (TPSA) is 82.2 Å². The maximum absolute atomic E-state index is 11.7. The molecule has 0 aromatic carbocycles. The summed E-state index contributed by atoms with van der Waals surface area (Å²) in [5.74, 6) is -1.54. The first-order valence-electron chi connectivity index (χ1n) is 5.10. The SMILES string of the molecule is Cc1cc(C(=O)N[C@H](C(=O)O)C(C)C)c[nH]1. The average Bonchev–Trinajstić information content (AvgIpc) is 2.59. The molecule has 1 rings (SSSR count). The molecule has 0 radical (unpaired) electrons. The van der Waals surface area contributed by atoms with Gasteiger partial charge >= 0.3 is 5.97 Å². The minimum Gasteiger partial charge on any atom is -0.480 e. The fourth-order valence-corrected chi connectivity index (χ4v) is 1.38. The molecule has 1 heterocycles. The van der Waals surface area contributed by atoms with Crippen LogP contribution >= 0.6 is 0 Å². The summed E-state index contributed by atoms with van der Waals surface area (Å²) in [6.07, 6.45) is 1.56. The Morgan fingerprint density at radius 1 is 1.44 bits per heavy atom. The Morgan fingerprint density at radius 2 is 2.06 bits per heavy atom. The highest BCUT2D eigenvalue weighted by Gasteiger charge is 2.24. The highest BCUT2D eigenvalue weighted by Crippen LogP contribution is 2.06. The lowest BCUT2D eigenvalue weighted by molar-refractivity contribution is -0.140. The predicted octanol–water partition coefficient (Wildman–Crippen LogP) is 1.16. The van der Waals surface area contributed by atoms with Crippen LogP contribution in [-0.4, -0.2) is 28.0 Å². The van der Waals surface area contributed by atoms with Crippen LogP contribution in [0.25, 0.3) is 0 Å². The predicted molar refractivity (Wildman–Crippen MR) is 59.3 cm³/mol. The van der Waals surface area contributed by atoms with Crippen molar-refractivity contribution in [1.29, 1.82) is 0 Å². The van der Waals surface area contributed by atoms with Gasteiger partial charge in [-0.15, -0.1) is 0 Å². The number of aryl methyl sites for hydroxylation is 1. The van der Waals surface area contributed by atoms with Gasteiger partial charge < -0.3 is 15.4 Å². The van der Waals surface area contributed by atoms with E-state index < -0.39 is 12.0 Å². The van der Waals surface area contributed by atoms with E-state index in [0.717, 1.165) is 5.69 Å². The zero-order valence-electron chi connectivity index (χ0n) is 9.57. The average molecular weight is 224 g/mol. The van der Waals surface area contributed by atoms with Gasteiger partial charge in [0.05, 0.1) is 5.56 Å². The molecule has 0 spiro atoms. The lowest BCUT2D eigenvalue weighted by atomic mass is 10.0. The molecule has 88 valence electrons. The maximum atomic E-state index is 11.7. The fourth-order valence-electron chi connectivity index (χ4n) is 1.38. The van der Waals surface area contributed by atoms with E-state index in [-0.39, 0.29) is 11.8 Å². The standard InChI is InChI=1S/C11H16N2O3/c1-6(2)9(11(15)16)13-10(14)8-4-7(3)12-5-8/h4-6,9,12H,1-3H3,(H,13,14)(H,15,16)/t9-/m0/s1. The number of hydrogen-bond donors (Lipinski definition) is 3. The molecule has 0 aliphatic heterocycles. The monoisotopic (exact) mass is 224 g/mol. The van der Waals surface area contributed by atoms with Crippen LogP contribution in [0.5, 0.6) is 0 Å². The van der Waals surface area contributed by atoms with Gasteiger partial charge in [0.25, 0.3) is 5.91 Å². The number of aromatic amines is 1. The van der Waals surface area contributed by atoms with Gasteiger partial charge in [-0.2, -0.15) is 0 Å². The molecule has 0 saturated carbocycles. The molecule has 5 nitrogen and oxygen atoms in total. The smallest absolute Gasteiger partial charge is 0.326 e. The van der Waals surface area contributed by atoms with E-state index in [0.29, 0.717) is 5.56 Å². The Hall–Kier alpha value is -1.78. The number of H-pyrrole nitrogens is 1. The Kier molecular flexibility index (Phi) is 3.71. The zero-order chi connectivity index (χ0) is 12.3. The van der Waals surface area contributed by atoms with Crippen LogP contribution in [0.2, 0.25) is 0 Å². The molecule has 1 aromatic heterocycles. The van der Waals surface area contributed by atoms with Crippen molar-refractivity contribution in [2.45, 2.75) is 26.8 Å². The summed E-state index contributed by atoms with van der Waals surface area (Å²) in [6.45, 7) is 5.33. The van der Waals surface area contributed by atoms with E-state index in [9.17, 15) is 9.59 Å². The Morgan fingerprint density at radius 3 is 2.44 bits per heavy atom. The van der Waals surface area contributed by atoms with Crippen LogP contribution in [0.4, 0.5) is 0 Å². The number of carboxylic acids is 1. The zero-order valence-corrected chi connectivity index (χ0v) is 9.57. The third kappa shape index (κ3) is 2.85. The quantitative estimate of drug-likeness (QED) is 0.717. The molecule has 0 fully saturated rings. The van der Waals surface area contributed by atoms with Crippen LogP contribution in [0.1, 0.15) is 29.9 Å². The van der Waals surface area contributed by atoms with Crippen molar-refractivity contribution in [3.05, 3.63) is 23.5 Å². The second-order valence-electron chi connectivity index (χ2n) is 4.10. The summed E-state index contributed by atoms with van der Waals surface area (Å²) in [5.41, 5.74) is 1.31. The summed E-state index contributed by atoms with van der Waals surface area (Å²) in [7, 11) is 0. The van der Waals surface area contributed by atoms with E-state index in [1.54, 1.807) is 26.1 Å². The number of aromatic nitrogens is 1. The second kappa shape index (κ2) is 4.83. The molecule has 0 aliphatic rings. The van der Waals surface area contributed by atoms with Crippen molar-refractivity contribution < 1.29 is 14.7 Å². The molecule has 0 saturated heterocycles. The molecule has 0 aliphatic carbocycles. The minimum absolute atomic E-state index is 0.151. The Bertz CT molecular complexity index is 396. The molecule has 1 amide bonds. The van der Waals surface area contributed by atoms with Crippen LogP contribution in [-0.2, 0) is 4.79 Å². The van der Waals surface area contributed by atoms with Crippen molar-refractivity contribution in [2.24, 2.45) is 5.92 Å². The third-order valence-electron chi connectivity index (χ3n) is 2.31. The first kappa shape index (κ1) is 12.3. The number of carbonyl (C=O) groups is 2. The van der Waals surface area contributed by atoms with E-state index in [2.05, 4.69) is 10.3 Å². The number of hydrogen-bond acceptors (Lipinski definition) is 2. The molecule has 1 aromatic rings. The molecule has 0 unspecified atom stereocenters. The summed E-state index contributed by atoms with van der Waals surface area (Å²) in [5, 5.41) is 11.4. The largest absolute Gasteiger partial charge is 0.480 e. The Balaban J connectivity index is 2.73. The molecule has 16 heavy (non-hydrogen) atoms. The summed E-state index contributed by atoms with van der Waals surface area (Å²) in [4.78, 5) is 25.4. The van der Waals surface area contributed by atoms with Gasteiger partial charge in [0.2, 0.25) is 0 Å². The van der Waals surface area contributed by atoms with E-state index in [1.807, 2.05) is 6.92 Å². The molecular formula is C11H16N2O3. The van der Waals surface area contributed by atoms with Crippen LogP contribution in [0, 0.1) is 12.8 Å². The highest BCUT2D eigenvalue weighted by atomic mass is 16.4.